The summed E-state index contributed by atoms with van der Waals surface area (Å²) in [7, 11) is 0. The molecule has 2 heterocycles. The summed E-state index contributed by atoms with van der Waals surface area (Å²) >= 11 is 1.48. The Morgan fingerprint density at radius 3 is 2.72 bits per heavy atom. The summed E-state index contributed by atoms with van der Waals surface area (Å²) in [6, 6.07) is 11.9. The number of benzene rings is 1. The summed E-state index contributed by atoms with van der Waals surface area (Å²) in [6.45, 7) is 1.94. The number of nitrogens with zero attached hydrogens (tertiary/aromatic N) is 2. The van der Waals surface area contributed by atoms with Gasteiger partial charge in [-0.3, -0.25) is 0 Å². The maximum absolute atomic E-state index is 5.79. The number of hydrogen-bond donors (Lipinski definition) is 2. The van der Waals surface area contributed by atoms with Gasteiger partial charge in [-0.1, -0.05) is 18.2 Å². The molecule has 0 radical (unpaired) electrons. The lowest BCUT2D eigenvalue weighted by atomic mass is 10.3. The van der Waals surface area contributed by atoms with Gasteiger partial charge in [0.1, 0.15) is 10.8 Å². The smallest absolute Gasteiger partial charge is 0.172 e. The number of nitrogens with one attached hydrogen (secondary N) is 1. The van der Waals surface area contributed by atoms with Crippen LogP contribution in [0, 0.1) is 6.92 Å². The summed E-state index contributed by atoms with van der Waals surface area (Å²) in [5.74, 6) is 0.566. The summed E-state index contributed by atoms with van der Waals surface area (Å²) < 4.78 is 0. The fraction of sp³-hybridized carbons (Fsp3) is 0.0769. The molecule has 0 aliphatic rings. The quantitative estimate of drug-likeness (QED) is 0.739. The molecule has 90 valence electrons. The van der Waals surface area contributed by atoms with E-state index in [0.29, 0.717) is 5.82 Å². The van der Waals surface area contributed by atoms with E-state index in [-0.39, 0.29) is 0 Å². The van der Waals surface area contributed by atoms with Crippen molar-refractivity contribution in [1.82, 2.24) is 15.0 Å². The Hall–Kier alpha value is -2.01. The Morgan fingerprint density at radius 1 is 1.11 bits per heavy atom. The molecule has 0 saturated carbocycles. The molecule has 2 aromatic heterocycles. The van der Waals surface area contributed by atoms with Crippen LogP contribution in [0.15, 0.2) is 46.6 Å². The largest absolute Gasteiger partial charge is 0.383 e. The average Bonchev–Trinajstić information content (AvgIpc) is 2.76. The molecule has 0 saturated heterocycles. The van der Waals surface area contributed by atoms with Crippen LogP contribution < -0.4 is 5.73 Å². The minimum absolute atomic E-state index is 0.566. The first kappa shape index (κ1) is 11.1. The van der Waals surface area contributed by atoms with Crippen molar-refractivity contribution in [2.24, 2.45) is 0 Å². The van der Waals surface area contributed by atoms with Gasteiger partial charge in [0.05, 0.1) is 11.0 Å². The molecular formula is C13H12N4S. The molecule has 3 aromatic rings. The van der Waals surface area contributed by atoms with Gasteiger partial charge >= 0.3 is 0 Å². The lowest BCUT2D eigenvalue weighted by Gasteiger charge is -2.01. The Morgan fingerprint density at radius 2 is 1.94 bits per heavy atom. The van der Waals surface area contributed by atoms with Crippen LogP contribution in [0.4, 0.5) is 5.82 Å². The van der Waals surface area contributed by atoms with Crippen molar-refractivity contribution in [1.29, 1.82) is 0 Å². The maximum Gasteiger partial charge on any atom is 0.172 e. The molecule has 1 aromatic carbocycles. The summed E-state index contributed by atoms with van der Waals surface area (Å²) in [5, 5.41) is 1.67. The molecular weight excluding hydrogens is 244 g/mol. The standard InChI is InChI=1S/C13H12N4S/c1-8-6-7-11(17-12(8)14)18-13-15-9-4-2-3-5-10(9)16-13/h2-7H,1H3,(H2,14,17)(H,15,16). The Bertz CT molecular complexity index is 672. The van der Waals surface area contributed by atoms with Gasteiger partial charge < -0.3 is 10.7 Å². The molecule has 0 atom stereocenters. The summed E-state index contributed by atoms with van der Waals surface area (Å²) in [4.78, 5) is 12.1. The predicted molar refractivity (Wildman–Crippen MR) is 73.6 cm³/mol. The van der Waals surface area contributed by atoms with Crippen LogP contribution in [0.2, 0.25) is 0 Å². The summed E-state index contributed by atoms with van der Waals surface area (Å²) in [5.41, 5.74) is 8.77. The lowest BCUT2D eigenvalue weighted by Crippen LogP contribution is -1.94. The number of H-pyrrole nitrogens is 1. The molecule has 4 nitrogen and oxygen atoms in total. The Kier molecular flexibility index (Phi) is 2.68. The van der Waals surface area contributed by atoms with Gasteiger partial charge in [0.2, 0.25) is 0 Å². The van der Waals surface area contributed by atoms with E-state index in [4.69, 9.17) is 5.73 Å². The van der Waals surface area contributed by atoms with E-state index < -0.39 is 0 Å². The highest BCUT2D eigenvalue weighted by molar-refractivity contribution is 7.99. The third kappa shape index (κ3) is 2.04. The number of aromatic amines is 1. The van der Waals surface area contributed by atoms with Crippen molar-refractivity contribution in [3.05, 3.63) is 42.0 Å². The van der Waals surface area contributed by atoms with E-state index in [2.05, 4.69) is 15.0 Å². The van der Waals surface area contributed by atoms with Gasteiger partial charge in [-0.05, 0) is 42.4 Å². The van der Waals surface area contributed by atoms with Gasteiger partial charge in [-0.25, -0.2) is 9.97 Å². The van der Waals surface area contributed by atoms with E-state index in [9.17, 15) is 0 Å². The number of aryl methyl sites for hydroxylation is 1. The topological polar surface area (TPSA) is 67.6 Å². The first-order valence-electron chi connectivity index (χ1n) is 5.58. The van der Waals surface area contributed by atoms with E-state index in [0.717, 1.165) is 26.8 Å². The fourth-order valence-corrected chi connectivity index (χ4v) is 2.44. The zero-order chi connectivity index (χ0) is 12.5. The van der Waals surface area contributed by atoms with Gasteiger partial charge in [-0.2, -0.15) is 0 Å². The minimum Gasteiger partial charge on any atom is -0.383 e. The van der Waals surface area contributed by atoms with Crippen molar-refractivity contribution in [3.63, 3.8) is 0 Å². The summed E-state index contributed by atoms with van der Waals surface area (Å²) in [6.07, 6.45) is 0. The molecule has 0 amide bonds. The molecule has 0 unspecified atom stereocenters. The monoisotopic (exact) mass is 256 g/mol. The van der Waals surface area contributed by atoms with Crippen LogP contribution in [0.1, 0.15) is 5.56 Å². The van der Waals surface area contributed by atoms with Gasteiger partial charge in [0.15, 0.2) is 5.16 Å². The van der Waals surface area contributed by atoms with Crippen LogP contribution in [-0.4, -0.2) is 15.0 Å². The number of imidazole rings is 1. The highest BCUT2D eigenvalue weighted by Gasteiger charge is 2.06. The molecule has 0 aliphatic carbocycles. The number of aromatic nitrogens is 3. The molecule has 0 bridgehead atoms. The number of fused-ring (bicyclic) bond motifs is 1. The SMILES string of the molecule is Cc1ccc(Sc2nc3ccccc3[nH]2)nc1N. The van der Waals surface area contributed by atoms with Gasteiger partial charge in [0.25, 0.3) is 0 Å². The third-order valence-corrected chi connectivity index (χ3v) is 3.50. The van der Waals surface area contributed by atoms with Crippen LogP contribution >= 0.6 is 11.8 Å². The second-order valence-corrected chi connectivity index (χ2v) is 5.02. The fourth-order valence-electron chi connectivity index (χ4n) is 1.66. The van der Waals surface area contributed by atoms with Gasteiger partial charge in [-0.15, -0.1) is 0 Å². The number of rotatable bonds is 2. The van der Waals surface area contributed by atoms with E-state index in [1.54, 1.807) is 0 Å². The minimum atomic E-state index is 0.566. The molecule has 5 heteroatoms. The second kappa shape index (κ2) is 4.34. The number of anilines is 1. The van der Waals surface area contributed by atoms with E-state index in [1.807, 2.05) is 43.3 Å². The Balaban J connectivity index is 1.93. The van der Waals surface area contributed by atoms with E-state index >= 15 is 0 Å². The van der Waals surface area contributed by atoms with Crippen molar-refractivity contribution < 1.29 is 0 Å². The molecule has 3 N–H and O–H groups in total. The van der Waals surface area contributed by atoms with Crippen LogP contribution in [0.25, 0.3) is 11.0 Å². The molecule has 3 rings (SSSR count). The number of pyridine rings is 1. The zero-order valence-electron chi connectivity index (χ0n) is 9.84. The highest BCUT2D eigenvalue weighted by Crippen LogP contribution is 2.26. The first-order valence-corrected chi connectivity index (χ1v) is 6.40. The van der Waals surface area contributed by atoms with Crippen molar-refractivity contribution >= 4 is 28.6 Å². The molecule has 18 heavy (non-hydrogen) atoms. The molecule has 0 fully saturated rings. The van der Waals surface area contributed by atoms with E-state index in [1.165, 1.54) is 11.8 Å². The van der Waals surface area contributed by atoms with Crippen LogP contribution in [0.5, 0.6) is 0 Å². The highest BCUT2D eigenvalue weighted by atomic mass is 32.2. The number of hydrogen-bond acceptors (Lipinski definition) is 4. The van der Waals surface area contributed by atoms with Crippen molar-refractivity contribution in [2.75, 3.05) is 5.73 Å². The van der Waals surface area contributed by atoms with Gasteiger partial charge in [0, 0.05) is 0 Å². The van der Waals surface area contributed by atoms with Crippen LogP contribution in [-0.2, 0) is 0 Å². The number of para-hydroxylation sites is 2. The van der Waals surface area contributed by atoms with Crippen LogP contribution in [0.3, 0.4) is 0 Å². The molecule has 0 spiro atoms. The first-order chi connectivity index (χ1) is 8.72. The lowest BCUT2D eigenvalue weighted by molar-refractivity contribution is 1.05. The molecule has 0 aliphatic heterocycles. The zero-order valence-corrected chi connectivity index (χ0v) is 10.7. The third-order valence-electron chi connectivity index (χ3n) is 2.68. The van der Waals surface area contributed by atoms with Crippen molar-refractivity contribution in [3.8, 4) is 0 Å². The Labute approximate surface area is 109 Å². The second-order valence-electron chi connectivity index (χ2n) is 4.01. The average molecular weight is 256 g/mol. The maximum atomic E-state index is 5.79. The van der Waals surface area contributed by atoms with Crippen molar-refractivity contribution in [2.45, 2.75) is 17.1 Å². The normalized spacial score (nSPS) is 10.9. The number of nitrogen functional groups attached to an aromatic ring is 1. The number of nitrogens with two attached hydrogens (primary N) is 1. The predicted octanol–water partition coefficient (Wildman–Crippen LogP) is 3.00.